The maximum absolute atomic E-state index is 12.5. The third kappa shape index (κ3) is 2.17. The molecule has 0 aliphatic carbocycles. The van der Waals surface area contributed by atoms with Crippen molar-refractivity contribution < 1.29 is 22.8 Å². The van der Waals surface area contributed by atoms with Gasteiger partial charge in [0.05, 0.1) is 23.7 Å². The van der Waals surface area contributed by atoms with Gasteiger partial charge in [-0.15, -0.1) is 0 Å². The summed E-state index contributed by atoms with van der Waals surface area (Å²) in [7, 11) is 0. The number of carbonyl (C=O) groups is 2. The van der Waals surface area contributed by atoms with Crippen LogP contribution in [0.25, 0.3) is 0 Å². The lowest BCUT2D eigenvalue weighted by Gasteiger charge is -2.19. The summed E-state index contributed by atoms with van der Waals surface area (Å²) in [6, 6.07) is 6.82. The molecule has 0 bridgehead atoms. The lowest BCUT2D eigenvalue weighted by Crippen LogP contribution is -2.39. The molecule has 4 nitrogen and oxygen atoms in total. The Balaban J connectivity index is 2.29. The molecule has 0 radical (unpaired) electrons. The maximum Gasteiger partial charge on any atom is 0.406 e. The number of rotatable bonds is 2. The van der Waals surface area contributed by atoms with Crippen LogP contribution < -0.4 is 0 Å². The molecule has 1 aliphatic heterocycles. The molecule has 1 atom stereocenters. The van der Waals surface area contributed by atoms with Crippen molar-refractivity contribution in [2.45, 2.75) is 6.18 Å². The summed E-state index contributed by atoms with van der Waals surface area (Å²) in [5, 5.41) is 8.49. The second-order valence-electron chi connectivity index (χ2n) is 3.99. The van der Waals surface area contributed by atoms with Crippen LogP contribution in [0.15, 0.2) is 24.3 Å². The highest BCUT2D eigenvalue weighted by Crippen LogP contribution is 2.29. The minimum atomic E-state index is -4.77. The van der Waals surface area contributed by atoms with Crippen LogP contribution in [0.5, 0.6) is 0 Å². The number of fused-ring (bicyclic) bond motifs is 1. The summed E-state index contributed by atoms with van der Waals surface area (Å²) in [5.74, 6) is -3.98. The van der Waals surface area contributed by atoms with Gasteiger partial charge >= 0.3 is 6.18 Å². The lowest BCUT2D eigenvalue weighted by molar-refractivity contribution is -0.160. The summed E-state index contributed by atoms with van der Waals surface area (Å²) in [5.41, 5.74) is 0.123. The van der Waals surface area contributed by atoms with E-state index >= 15 is 0 Å². The molecule has 19 heavy (non-hydrogen) atoms. The van der Waals surface area contributed by atoms with E-state index in [0.717, 1.165) is 6.07 Å². The summed E-state index contributed by atoms with van der Waals surface area (Å²) < 4.78 is 37.5. The van der Waals surface area contributed by atoms with E-state index in [1.165, 1.54) is 24.3 Å². The number of nitriles is 1. The van der Waals surface area contributed by atoms with Crippen LogP contribution >= 0.6 is 0 Å². The van der Waals surface area contributed by atoms with E-state index in [1.54, 1.807) is 0 Å². The molecular weight excluding hydrogens is 261 g/mol. The van der Waals surface area contributed by atoms with Gasteiger partial charge in [-0.05, 0) is 12.1 Å². The van der Waals surface area contributed by atoms with Gasteiger partial charge in [0.25, 0.3) is 11.8 Å². The average Bonchev–Trinajstić information content (AvgIpc) is 2.59. The number of hydrogen-bond donors (Lipinski definition) is 0. The molecule has 1 aromatic rings. The molecule has 0 aromatic heterocycles. The summed E-state index contributed by atoms with van der Waals surface area (Å²) in [4.78, 5) is 24.1. The average molecular weight is 268 g/mol. The van der Waals surface area contributed by atoms with E-state index < -0.39 is 30.5 Å². The molecule has 0 fully saturated rings. The maximum atomic E-state index is 12.5. The first-order chi connectivity index (χ1) is 8.86. The predicted molar refractivity (Wildman–Crippen MR) is 57.0 cm³/mol. The van der Waals surface area contributed by atoms with Gasteiger partial charge in [-0.2, -0.15) is 18.4 Å². The van der Waals surface area contributed by atoms with Gasteiger partial charge in [0.15, 0.2) is 5.92 Å². The highest BCUT2D eigenvalue weighted by molar-refractivity contribution is 6.21. The van der Waals surface area contributed by atoms with Crippen LogP contribution in [-0.4, -0.2) is 29.4 Å². The van der Waals surface area contributed by atoms with Crippen molar-refractivity contribution in [2.24, 2.45) is 5.92 Å². The molecule has 1 unspecified atom stereocenters. The fourth-order valence-electron chi connectivity index (χ4n) is 1.81. The molecule has 2 rings (SSSR count). The Hall–Kier alpha value is -2.36. The first kappa shape index (κ1) is 13.1. The van der Waals surface area contributed by atoms with Gasteiger partial charge in [-0.1, -0.05) is 12.1 Å². The number of imide groups is 1. The number of amides is 2. The number of benzene rings is 1. The normalized spacial score (nSPS) is 16.2. The van der Waals surface area contributed by atoms with Crippen LogP contribution in [0.1, 0.15) is 20.7 Å². The van der Waals surface area contributed by atoms with E-state index in [0.29, 0.717) is 4.90 Å². The smallest absolute Gasteiger partial charge is 0.273 e. The third-order valence-electron chi connectivity index (χ3n) is 2.79. The molecule has 0 N–H and O–H groups in total. The zero-order valence-corrected chi connectivity index (χ0v) is 9.44. The fourth-order valence-corrected chi connectivity index (χ4v) is 1.81. The SMILES string of the molecule is N#CC(CN1C(=O)c2ccccc2C1=O)C(F)(F)F. The van der Waals surface area contributed by atoms with Gasteiger partial charge in [0.2, 0.25) is 0 Å². The number of halogens is 3. The Morgan fingerprint density at radius 3 is 2.00 bits per heavy atom. The fraction of sp³-hybridized carbons (Fsp3) is 0.250. The summed E-state index contributed by atoms with van der Waals surface area (Å²) in [6.07, 6.45) is -4.77. The highest BCUT2D eigenvalue weighted by atomic mass is 19.4. The third-order valence-corrected chi connectivity index (χ3v) is 2.79. The first-order valence-electron chi connectivity index (χ1n) is 5.28. The van der Waals surface area contributed by atoms with E-state index in [9.17, 15) is 22.8 Å². The molecule has 2 amide bonds. The zero-order valence-electron chi connectivity index (χ0n) is 9.44. The minimum absolute atomic E-state index is 0.0614. The molecule has 1 aliphatic rings. The largest absolute Gasteiger partial charge is 0.406 e. The number of nitrogens with zero attached hydrogens (tertiary/aromatic N) is 2. The molecule has 1 aromatic carbocycles. The second-order valence-corrected chi connectivity index (χ2v) is 3.99. The van der Waals surface area contributed by atoms with E-state index in [-0.39, 0.29) is 11.1 Å². The second kappa shape index (κ2) is 4.39. The Kier molecular flexibility index (Phi) is 3.02. The first-order valence-corrected chi connectivity index (χ1v) is 5.28. The van der Waals surface area contributed by atoms with Crippen molar-refractivity contribution in [3.05, 3.63) is 35.4 Å². The summed E-state index contributed by atoms with van der Waals surface area (Å²) >= 11 is 0. The zero-order chi connectivity index (χ0) is 14.2. The van der Waals surface area contributed by atoms with Crippen molar-refractivity contribution in [3.63, 3.8) is 0 Å². The molecule has 7 heteroatoms. The van der Waals surface area contributed by atoms with Crippen LogP contribution in [0, 0.1) is 17.2 Å². The van der Waals surface area contributed by atoms with Crippen molar-refractivity contribution in [1.82, 2.24) is 4.90 Å². The van der Waals surface area contributed by atoms with Crippen molar-refractivity contribution >= 4 is 11.8 Å². The highest BCUT2D eigenvalue weighted by Gasteiger charge is 2.45. The summed E-state index contributed by atoms with van der Waals surface area (Å²) in [6.45, 7) is -0.980. The predicted octanol–water partition coefficient (Wildman–Crippen LogP) is 1.98. The molecule has 1 heterocycles. The number of carbonyl (C=O) groups excluding carboxylic acids is 2. The lowest BCUT2D eigenvalue weighted by atomic mass is 10.1. The molecule has 0 saturated carbocycles. The van der Waals surface area contributed by atoms with Crippen LogP contribution in [0.3, 0.4) is 0 Å². The van der Waals surface area contributed by atoms with E-state index in [2.05, 4.69) is 0 Å². The van der Waals surface area contributed by atoms with Crippen molar-refractivity contribution in [3.8, 4) is 6.07 Å². The Labute approximate surface area is 106 Å². The molecule has 0 spiro atoms. The minimum Gasteiger partial charge on any atom is -0.273 e. The molecular formula is C12H7F3N2O2. The Bertz CT molecular complexity index is 554. The van der Waals surface area contributed by atoms with Crippen LogP contribution in [0.2, 0.25) is 0 Å². The van der Waals surface area contributed by atoms with Crippen molar-refractivity contribution in [1.29, 1.82) is 5.26 Å². The van der Waals surface area contributed by atoms with E-state index in [1.807, 2.05) is 0 Å². The Morgan fingerprint density at radius 2 is 1.63 bits per heavy atom. The number of alkyl halides is 3. The van der Waals surface area contributed by atoms with Gasteiger partial charge in [0, 0.05) is 0 Å². The van der Waals surface area contributed by atoms with Gasteiger partial charge < -0.3 is 0 Å². The monoisotopic (exact) mass is 268 g/mol. The van der Waals surface area contributed by atoms with Crippen LogP contribution in [0.4, 0.5) is 13.2 Å². The molecule has 0 saturated heterocycles. The van der Waals surface area contributed by atoms with Crippen LogP contribution in [-0.2, 0) is 0 Å². The Morgan fingerprint density at radius 1 is 1.16 bits per heavy atom. The topological polar surface area (TPSA) is 61.2 Å². The quantitative estimate of drug-likeness (QED) is 0.770. The van der Waals surface area contributed by atoms with E-state index in [4.69, 9.17) is 5.26 Å². The molecule has 98 valence electrons. The van der Waals surface area contributed by atoms with Gasteiger partial charge in [-0.3, -0.25) is 14.5 Å². The van der Waals surface area contributed by atoms with Crippen molar-refractivity contribution in [2.75, 3.05) is 6.54 Å². The standard InChI is InChI=1S/C12H7F3N2O2/c13-12(14,15)7(5-16)6-17-10(18)8-3-1-2-4-9(8)11(17)19/h1-4,7H,6H2. The van der Waals surface area contributed by atoms with Gasteiger partial charge in [0.1, 0.15) is 0 Å². The van der Waals surface area contributed by atoms with Gasteiger partial charge in [-0.25, -0.2) is 0 Å². The number of hydrogen-bond acceptors (Lipinski definition) is 3.